The summed E-state index contributed by atoms with van der Waals surface area (Å²) < 4.78 is 46.2. The lowest BCUT2D eigenvalue weighted by atomic mass is 9.78. The number of thiazole rings is 1. The number of alkyl halides is 3. The lowest BCUT2D eigenvalue weighted by Gasteiger charge is -2.31. The van der Waals surface area contributed by atoms with E-state index in [0.717, 1.165) is 59.9 Å². The van der Waals surface area contributed by atoms with Crippen LogP contribution in [0.2, 0.25) is 0 Å². The van der Waals surface area contributed by atoms with Gasteiger partial charge in [-0.3, -0.25) is 9.69 Å². The highest BCUT2D eigenvalue weighted by Gasteiger charge is 2.30. The molecule has 2 aromatic rings. The smallest absolute Gasteiger partial charge is 0.422 e. The van der Waals surface area contributed by atoms with E-state index >= 15 is 0 Å². The Kier molecular flexibility index (Phi) is 8.07. The van der Waals surface area contributed by atoms with E-state index < -0.39 is 12.8 Å². The van der Waals surface area contributed by atoms with Crippen LogP contribution in [0.15, 0.2) is 6.07 Å². The molecule has 1 aliphatic carbocycles. The molecular weight excluding hydrogens is 471 g/mol. The van der Waals surface area contributed by atoms with Crippen molar-refractivity contribution in [3.63, 3.8) is 0 Å². The Morgan fingerprint density at radius 2 is 2.00 bits per heavy atom. The van der Waals surface area contributed by atoms with Crippen molar-refractivity contribution in [2.45, 2.75) is 71.0 Å². The molecule has 1 saturated carbocycles. The average molecular weight is 502 g/mol. The molecule has 2 aliphatic rings. The van der Waals surface area contributed by atoms with Crippen LogP contribution < -0.4 is 4.74 Å². The first-order valence-electron chi connectivity index (χ1n) is 11.6. The number of Topliss-reactive ketones (excluding diaryl/α,β-unsaturated/α-hetero) is 1. The van der Waals surface area contributed by atoms with Crippen LogP contribution in [0.25, 0.3) is 0 Å². The number of rotatable bonds is 9. The van der Waals surface area contributed by atoms with Crippen LogP contribution in [-0.2, 0) is 24.2 Å². The molecule has 2 aromatic heterocycles. The van der Waals surface area contributed by atoms with Crippen LogP contribution in [0, 0.1) is 18.8 Å². The summed E-state index contributed by atoms with van der Waals surface area (Å²) in [6.07, 6.45) is 3.37. The van der Waals surface area contributed by atoms with Crippen LogP contribution in [0.3, 0.4) is 0 Å². The van der Waals surface area contributed by atoms with E-state index in [1.165, 1.54) is 35.7 Å². The van der Waals surface area contributed by atoms with Crippen LogP contribution in [-0.4, -0.2) is 45.9 Å². The summed E-state index contributed by atoms with van der Waals surface area (Å²) in [5, 5.41) is 0.123. The number of fused-ring (bicyclic) bond motifs is 1. The highest BCUT2D eigenvalue weighted by atomic mass is 32.1. The number of ketones is 1. The molecular formula is C23H30F3N3O2S2. The number of ether oxygens (including phenoxy) is 1. The monoisotopic (exact) mass is 501 g/mol. The van der Waals surface area contributed by atoms with E-state index in [2.05, 4.69) is 14.3 Å². The van der Waals surface area contributed by atoms with Crippen molar-refractivity contribution in [3.8, 4) is 5.19 Å². The van der Waals surface area contributed by atoms with Crippen molar-refractivity contribution in [2.24, 2.45) is 11.8 Å². The zero-order chi connectivity index (χ0) is 23.4. The zero-order valence-corrected chi connectivity index (χ0v) is 20.5. The number of nitrogens with zero attached hydrogens (tertiary/aromatic N) is 3. The number of hydrogen-bond donors (Lipinski definition) is 0. The summed E-state index contributed by atoms with van der Waals surface area (Å²) in [5.74, 6) is 1.52. The zero-order valence-electron chi connectivity index (χ0n) is 18.8. The molecule has 0 spiro atoms. The fourth-order valence-electron chi connectivity index (χ4n) is 4.80. The van der Waals surface area contributed by atoms with E-state index in [9.17, 15) is 18.0 Å². The van der Waals surface area contributed by atoms with Gasteiger partial charge in [0, 0.05) is 35.7 Å². The molecule has 0 saturated heterocycles. The molecule has 5 nitrogen and oxygen atoms in total. The molecule has 10 heteroatoms. The van der Waals surface area contributed by atoms with Gasteiger partial charge in [-0.25, -0.2) is 4.98 Å². The van der Waals surface area contributed by atoms with Crippen molar-refractivity contribution in [1.82, 2.24) is 14.3 Å². The Balaban J connectivity index is 1.15. The van der Waals surface area contributed by atoms with Gasteiger partial charge in [0.15, 0.2) is 6.61 Å². The molecule has 182 valence electrons. The third-order valence-corrected chi connectivity index (χ3v) is 8.48. The highest BCUT2D eigenvalue weighted by molar-refractivity contribution is 7.13. The predicted octanol–water partition coefficient (Wildman–Crippen LogP) is 5.61. The number of halogens is 3. The number of aryl methyl sites for hydroxylation is 1. The Labute approximate surface area is 200 Å². The summed E-state index contributed by atoms with van der Waals surface area (Å²) in [6.45, 7) is 3.24. The fraction of sp³-hybridized carbons (Fsp3) is 0.696. The van der Waals surface area contributed by atoms with Gasteiger partial charge in [-0.15, -0.1) is 0 Å². The van der Waals surface area contributed by atoms with Gasteiger partial charge in [0.1, 0.15) is 5.78 Å². The second-order valence-electron chi connectivity index (χ2n) is 9.31. The van der Waals surface area contributed by atoms with Gasteiger partial charge in [0.25, 0.3) is 5.19 Å². The third kappa shape index (κ3) is 7.48. The van der Waals surface area contributed by atoms with Crippen molar-refractivity contribution in [2.75, 3.05) is 19.7 Å². The molecule has 0 N–H and O–H groups in total. The second-order valence-corrected chi connectivity index (χ2v) is 11.2. The normalized spacial score (nSPS) is 21.7. The first-order valence-corrected chi connectivity index (χ1v) is 13.2. The average Bonchev–Trinajstić information content (AvgIpc) is 3.36. The highest BCUT2D eigenvalue weighted by Crippen LogP contribution is 2.34. The maximum Gasteiger partial charge on any atom is 0.422 e. The van der Waals surface area contributed by atoms with Gasteiger partial charge < -0.3 is 4.74 Å². The summed E-state index contributed by atoms with van der Waals surface area (Å²) in [5.41, 5.74) is 1.85. The first kappa shape index (κ1) is 24.6. The van der Waals surface area contributed by atoms with Gasteiger partial charge in [-0.1, -0.05) is 24.2 Å². The van der Waals surface area contributed by atoms with Crippen LogP contribution in [0.1, 0.15) is 59.7 Å². The molecule has 4 rings (SSSR count). The van der Waals surface area contributed by atoms with Crippen molar-refractivity contribution in [3.05, 3.63) is 27.2 Å². The van der Waals surface area contributed by atoms with E-state index in [4.69, 9.17) is 4.74 Å². The standard InChI is InChI=1S/C23H30F3N3O2S2/c1-15-10-19(33-28-15)12-18(30)11-17-4-2-16(3-5-17)6-8-29-9-7-21-20(13-29)27-22(32-21)31-14-23(24,25)26/h10,16-17H,2-9,11-14H2,1H3. The first-order chi connectivity index (χ1) is 15.7. The lowest BCUT2D eigenvalue weighted by Crippen LogP contribution is -2.32. The SMILES string of the molecule is Cc1cc(CC(=O)CC2CCC(CCN3CCc4sc(OCC(F)(F)F)nc4C3)CC2)sn1. The van der Waals surface area contributed by atoms with Crippen molar-refractivity contribution >= 4 is 28.7 Å². The minimum Gasteiger partial charge on any atom is -0.460 e. The van der Waals surface area contributed by atoms with E-state index in [0.29, 0.717) is 37.0 Å². The van der Waals surface area contributed by atoms with Crippen LogP contribution in [0.5, 0.6) is 5.19 Å². The van der Waals surface area contributed by atoms with Gasteiger partial charge in [0.2, 0.25) is 0 Å². The molecule has 0 amide bonds. The number of carbonyl (C=O) groups is 1. The Bertz CT molecular complexity index is 936. The molecule has 0 aromatic carbocycles. The maximum atomic E-state index is 12.4. The Morgan fingerprint density at radius 3 is 2.70 bits per heavy atom. The van der Waals surface area contributed by atoms with Gasteiger partial charge in [-0.2, -0.15) is 17.5 Å². The molecule has 0 unspecified atom stereocenters. The molecule has 1 fully saturated rings. The Morgan fingerprint density at radius 1 is 1.24 bits per heavy atom. The maximum absolute atomic E-state index is 12.4. The largest absolute Gasteiger partial charge is 0.460 e. The minimum absolute atomic E-state index is 0.123. The molecule has 0 atom stereocenters. The summed E-state index contributed by atoms with van der Waals surface area (Å²) >= 11 is 2.67. The molecule has 1 aliphatic heterocycles. The minimum atomic E-state index is -4.34. The Hall–Kier alpha value is -1.52. The van der Waals surface area contributed by atoms with Gasteiger partial charge in [0.05, 0.1) is 11.4 Å². The quantitative estimate of drug-likeness (QED) is 0.447. The summed E-state index contributed by atoms with van der Waals surface area (Å²) in [6, 6.07) is 2.00. The van der Waals surface area contributed by atoms with E-state index in [-0.39, 0.29) is 5.19 Å². The topological polar surface area (TPSA) is 55.3 Å². The molecule has 0 radical (unpaired) electrons. The number of carbonyl (C=O) groups excluding carboxylic acids is 1. The predicted molar refractivity (Wildman–Crippen MR) is 123 cm³/mol. The van der Waals surface area contributed by atoms with Crippen molar-refractivity contribution < 1.29 is 22.7 Å². The van der Waals surface area contributed by atoms with E-state index in [1.807, 2.05) is 13.0 Å². The second kappa shape index (κ2) is 10.8. The lowest BCUT2D eigenvalue weighted by molar-refractivity contribution is -0.153. The van der Waals surface area contributed by atoms with Crippen molar-refractivity contribution in [1.29, 1.82) is 0 Å². The van der Waals surface area contributed by atoms with Gasteiger partial charge >= 0.3 is 6.18 Å². The number of aromatic nitrogens is 2. The fourth-order valence-corrected chi connectivity index (χ4v) is 6.47. The van der Waals surface area contributed by atoms with Crippen LogP contribution in [0.4, 0.5) is 13.2 Å². The summed E-state index contributed by atoms with van der Waals surface area (Å²) in [4.78, 5) is 21.1. The van der Waals surface area contributed by atoms with Gasteiger partial charge in [-0.05, 0) is 68.6 Å². The molecule has 3 heterocycles. The molecule has 0 bridgehead atoms. The van der Waals surface area contributed by atoms with E-state index in [1.54, 1.807) is 0 Å². The number of hydrogen-bond acceptors (Lipinski definition) is 7. The third-order valence-electron chi connectivity index (χ3n) is 6.53. The summed E-state index contributed by atoms with van der Waals surface area (Å²) in [7, 11) is 0. The van der Waals surface area contributed by atoms with Crippen LogP contribution >= 0.6 is 22.9 Å². The molecule has 33 heavy (non-hydrogen) atoms.